The van der Waals surface area contributed by atoms with Crippen LogP contribution in [0.3, 0.4) is 0 Å². The summed E-state index contributed by atoms with van der Waals surface area (Å²) >= 11 is 12.7. The third-order valence-corrected chi connectivity index (χ3v) is 5.79. The van der Waals surface area contributed by atoms with E-state index in [-0.39, 0.29) is 5.91 Å². The van der Waals surface area contributed by atoms with Crippen LogP contribution in [0.4, 0.5) is 0 Å². The predicted molar refractivity (Wildman–Crippen MR) is 115 cm³/mol. The molecule has 5 rings (SSSR count). The normalized spacial score (nSPS) is 13.7. The zero-order valence-electron chi connectivity index (χ0n) is 15.7. The Bertz CT molecular complexity index is 1270. The molecule has 1 aromatic heterocycles. The number of halogens is 2. The van der Waals surface area contributed by atoms with E-state index in [0.29, 0.717) is 27.8 Å². The van der Waals surface area contributed by atoms with Crippen molar-refractivity contribution in [2.75, 3.05) is 6.61 Å². The van der Waals surface area contributed by atoms with Gasteiger partial charge >= 0.3 is 0 Å². The fraction of sp³-hybridized carbons (Fsp3) is 0.130. The van der Waals surface area contributed by atoms with Gasteiger partial charge in [-0.3, -0.25) is 4.79 Å². The topological polar surface area (TPSA) is 64.4 Å². The molecule has 7 heteroatoms. The SMILES string of the molecule is O=C(NC(c1ccc2c(c1)CCO2)c1cc(Cl)ccc1Cl)c1ccc2oncc2c1. The molecule has 4 aromatic rings. The number of aromatic nitrogens is 1. The van der Waals surface area contributed by atoms with Crippen LogP contribution in [0.2, 0.25) is 10.0 Å². The minimum atomic E-state index is -0.479. The highest BCUT2D eigenvalue weighted by molar-refractivity contribution is 6.33. The maximum Gasteiger partial charge on any atom is 0.252 e. The van der Waals surface area contributed by atoms with Crippen LogP contribution in [0.1, 0.15) is 33.1 Å². The van der Waals surface area contributed by atoms with Crippen molar-refractivity contribution in [3.05, 3.63) is 93.1 Å². The summed E-state index contributed by atoms with van der Waals surface area (Å²) < 4.78 is 10.7. The molecule has 1 N–H and O–H groups in total. The van der Waals surface area contributed by atoms with Crippen LogP contribution in [0.15, 0.2) is 65.3 Å². The van der Waals surface area contributed by atoms with Gasteiger partial charge in [-0.1, -0.05) is 34.4 Å². The summed E-state index contributed by atoms with van der Waals surface area (Å²) in [6.45, 7) is 0.659. The molecule has 2 heterocycles. The van der Waals surface area contributed by atoms with Crippen LogP contribution in [-0.2, 0) is 6.42 Å². The molecule has 0 radical (unpaired) electrons. The largest absolute Gasteiger partial charge is 0.493 e. The molecule has 0 saturated heterocycles. The Morgan fingerprint density at radius 3 is 2.87 bits per heavy atom. The number of amides is 1. The molecule has 0 fully saturated rings. The highest BCUT2D eigenvalue weighted by Crippen LogP contribution is 2.34. The maximum atomic E-state index is 13.1. The standard InChI is InChI=1S/C23H16Cl2N2O3/c24-17-3-4-19(25)18(11-17)22(14-1-5-20-13(9-14)7-8-29-20)27-23(28)15-2-6-21-16(10-15)12-26-30-21/h1-6,9-12,22H,7-8H2,(H,27,28). The number of nitrogens with zero attached hydrogens (tertiary/aromatic N) is 1. The number of ether oxygens (including phenoxy) is 1. The van der Waals surface area contributed by atoms with Gasteiger partial charge < -0.3 is 14.6 Å². The number of benzene rings is 3. The van der Waals surface area contributed by atoms with Crippen LogP contribution in [0.5, 0.6) is 5.75 Å². The average Bonchev–Trinajstić information content (AvgIpc) is 3.41. The second-order valence-electron chi connectivity index (χ2n) is 7.12. The Hall–Kier alpha value is -3.02. The molecule has 1 aliphatic heterocycles. The molecule has 1 atom stereocenters. The Labute approximate surface area is 182 Å². The van der Waals surface area contributed by atoms with Crippen LogP contribution in [-0.4, -0.2) is 17.7 Å². The van der Waals surface area contributed by atoms with E-state index < -0.39 is 6.04 Å². The van der Waals surface area contributed by atoms with Gasteiger partial charge in [-0.15, -0.1) is 0 Å². The molecule has 30 heavy (non-hydrogen) atoms. The van der Waals surface area contributed by atoms with E-state index in [4.69, 9.17) is 32.5 Å². The number of hydrogen-bond acceptors (Lipinski definition) is 4. The average molecular weight is 439 g/mol. The molecule has 0 spiro atoms. The van der Waals surface area contributed by atoms with Crippen molar-refractivity contribution in [1.82, 2.24) is 10.5 Å². The molecule has 0 saturated carbocycles. The first-order chi connectivity index (χ1) is 14.6. The number of rotatable bonds is 4. The van der Waals surface area contributed by atoms with Crippen molar-refractivity contribution in [2.24, 2.45) is 0 Å². The molecule has 1 aliphatic rings. The second kappa shape index (κ2) is 7.67. The van der Waals surface area contributed by atoms with Gasteiger partial charge in [-0.2, -0.15) is 0 Å². The van der Waals surface area contributed by atoms with E-state index in [9.17, 15) is 4.79 Å². The summed E-state index contributed by atoms with van der Waals surface area (Å²) in [5.74, 6) is 0.634. The predicted octanol–water partition coefficient (Wildman–Crippen LogP) is 5.59. The number of fused-ring (bicyclic) bond motifs is 2. The van der Waals surface area contributed by atoms with Crippen molar-refractivity contribution < 1.29 is 14.1 Å². The van der Waals surface area contributed by atoms with Gasteiger partial charge in [0.1, 0.15) is 5.75 Å². The monoisotopic (exact) mass is 438 g/mol. The number of hydrogen-bond donors (Lipinski definition) is 1. The van der Waals surface area contributed by atoms with E-state index >= 15 is 0 Å². The fourth-order valence-electron chi connectivity index (χ4n) is 3.69. The first-order valence-electron chi connectivity index (χ1n) is 9.44. The zero-order valence-corrected chi connectivity index (χ0v) is 17.2. The lowest BCUT2D eigenvalue weighted by atomic mass is 9.95. The summed E-state index contributed by atoms with van der Waals surface area (Å²) in [7, 11) is 0. The van der Waals surface area contributed by atoms with E-state index in [2.05, 4.69) is 10.5 Å². The van der Waals surface area contributed by atoms with E-state index in [1.807, 2.05) is 18.2 Å². The molecule has 5 nitrogen and oxygen atoms in total. The fourth-order valence-corrected chi connectivity index (χ4v) is 4.10. The van der Waals surface area contributed by atoms with E-state index in [0.717, 1.165) is 34.2 Å². The van der Waals surface area contributed by atoms with Gasteiger partial charge in [0.2, 0.25) is 0 Å². The Balaban J connectivity index is 1.55. The lowest BCUT2D eigenvalue weighted by Crippen LogP contribution is -2.29. The zero-order chi connectivity index (χ0) is 20.7. The van der Waals surface area contributed by atoms with Crippen molar-refractivity contribution in [3.63, 3.8) is 0 Å². The summed E-state index contributed by atoms with van der Waals surface area (Å²) in [6, 6.07) is 15.9. The number of carbonyl (C=O) groups excluding carboxylic acids is 1. The van der Waals surface area contributed by atoms with Crippen LogP contribution >= 0.6 is 23.2 Å². The minimum Gasteiger partial charge on any atom is -0.493 e. The Morgan fingerprint density at radius 1 is 1.07 bits per heavy atom. The maximum absolute atomic E-state index is 13.1. The van der Waals surface area contributed by atoms with Crippen LogP contribution in [0, 0.1) is 0 Å². The van der Waals surface area contributed by atoms with Crippen molar-refractivity contribution >= 4 is 40.1 Å². The highest BCUT2D eigenvalue weighted by Gasteiger charge is 2.23. The summed E-state index contributed by atoms with van der Waals surface area (Å²) in [5, 5.41) is 8.70. The van der Waals surface area contributed by atoms with Gasteiger partial charge in [-0.25, -0.2) is 0 Å². The Kier molecular flexibility index (Phi) is 4.85. The first-order valence-corrected chi connectivity index (χ1v) is 10.2. The highest BCUT2D eigenvalue weighted by atomic mass is 35.5. The summed E-state index contributed by atoms with van der Waals surface area (Å²) in [6.07, 6.45) is 2.41. The van der Waals surface area contributed by atoms with Crippen molar-refractivity contribution in [1.29, 1.82) is 0 Å². The van der Waals surface area contributed by atoms with E-state index in [1.54, 1.807) is 42.6 Å². The molecule has 1 unspecified atom stereocenters. The molecule has 3 aromatic carbocycles. The van der Waals surface area contributed by atoms with Gasteiger partial charge in [-0.05, 0) is 65.2 Å². The van der Waals surface area contributed by atoms with Gasteiger partial charge in [0.05, 0.1) is 18.8 Å². The lowest BCUT2D eigenvalue weighted by Gasteiger charge is -2.22. The third kappa shape index (κ3) is 3.51. The third-order valence-electron chi connectivity index (χ3n) is 5.21. The molecule has 0 aliphatic carbocycles. The smallest absolute Gasteiger partial charge is 0.252 e. The van der Waals surface area contributed by atoms with Gasteiger partial charge in [0, 0.05) is 27.4 Å². The summed E-state index contributed by atoms with van der Waals surface area (Å²) in [5.41, 5.74) is 3.86. The van der Waals surface area contributed by atoms with Crippen LogP contribution in [0.25, 0.3) is 11.0 Å². The lowest BCUT2D eigenvalue weighted by molar-refractivity contribution is 0.0943. The quantitative estimate of drug-likeness (QED) is 0.450. The minimum absolute atomic E-state index is 0.240. The first kappa shape index (κ1) is 19.0. The van der Waals surface area contributed by atoms with E-state index in [1.165, 1.54) is 0 Å². The Morgan fingerprint density at radius 2 is 1.97 bits per heavy atom. The van der Waals surface area contributed by atoms with Gasteiger partial charge in [0.25, 0.3) is 5.91 Å². The van der Waals surface area contributed by atoms with Crippen LogP contribution < -0.4 is 10.1 Å². The number of nitrogens with one attached hydrogen (secondary N) is 1. The summed E-state index contributed by atoms with van der Waals surface area (Å²) in [4.78, 5) is 13.1. The van der Waals surface area contributed by atoms with Gasteiger partial charge in [0.15, 0.2) is 5.58 Å². The van der Waals surface area contributed by atoms with Crippen molar-refractivity contribution in [2.45, 2.75) is 12.5 Å². The molecule has 150 valence electrons. The molecule has 0 bridgehead atoms. The number of carbonyl (C=O) groups is 1. The molecular formula is C23H16Cl2N2O3. The second-order valence-corrected chi connectivity index (χ2v) is 7.96. The molecular weight excluding hydrogens is 423 g/mol. The molecule has 1 amide bonds. The van der Waals surface area contributed by atoms with Crippen molar-refractivity contribution in [3.8, 4) is 5.75 Å².